The second-order valence-electron chi connectivity index (χ2n) is 3.75. The third-order valence-corrected chi connectivity index (χ3v) is 3.79. The Kier molecular flexibility index (Phi) is 6.11. The molecule has 0 radical (unpaired) electrons. The maximum Gasteiger partial charge on any atom is 0.157 e. The Hall–Kier alpha value is -0.430. The fourth-order valence-corrected chi connectivity index (χ4v) is 2.13. The maximum atomic E-state index is 10.0. The summed E-state index contributed by atoms with van der Waals surface area (Å²) in [6.45, 7) is 2.64. The third-order valence-electron chi connectivity index (χ3n) is 2.46. The molecule has 0 heterocycles. The topological polar surface area (TPSA) is 72.7 Å². The molecule has 0 spiro atoms. The van der Waals surface area contributed by atoms with Gasteiger partial charge in [0.05, 0.1) is 6.10 Å². The van der Waals surface area contributed by atoms with Crippen LogP contribution >= 0.6 is 25.0 Å². The Labute approximate surface area is 112 Å². The molecule has 0 saturated heterocycles. The SMILES string of the molecule is CC(NCCSBr)C(O)c1ccc(O)c(O)c1. The zero-order chi connectivity index (χ0) is 12.8. The number of hydrogen-bond acceptors (Lipinski definition) is 5. The summed E-state index contributed by atoms with van der Waals surface area (Å²) in [6.07, 6.45) is -0.721. The molecule has 0 saturated carbocycles. The van der Waals surface area contributed by atoms with Crippen molar-refractivity contribution >= 4 is 25.0 Å². The lowest BCUT2D eigenvalue weighted by Crippen LogP contribution is -2.33. The van der Waals surface area contributed by atoms with Crippen LogP contribution < -0.4 is 5.32 Å². The first-order valence-corrected chi connectivity index (χ1v) is 8.06. The van der Waals surface area contributed by atoms with E-state index in [9.17, 15) is 15.3 Å². The lowest BCUT2D eigenvalue weighted by Gasteiger charge is -2.20. The molecule has 0 aliphatic heterocycles. The number of rotatable bonds is 6. The van der Waals surface area contributed by atoms with E-state index in [2.05, 4.69) is 20.1 Å². The molecular weight excluding hydrogens is 306 g/mol. The minimum absolute atomic E-state index is 0.126. The second-order valence-corrected chi connectivity index (χ2v) is 5.75. The molecule has 1 rings (SSSR count). The molecule has 0 amide bonds. The summed E-state index contributed by atoms with van der Waals surface area (Å²) >= 11 is 3.25. The highest BCUT2D eigenvalue weighted by Crippen LogP contribution is 2.28. The van der Waals surface area contributed by atoms with Gasteiger partial charge >= 0.3 is 0 Å². The standard InChI is InChI=1S/C11H16BrNO3S/c1-7(13-4-5-17-12)11(16)8-2-3-9(14)10(15)6-8/h2-3,6-7,11,13-16H,4-5H2,1H3. The van der Waals surface area contributed by atoms with Gasteiger partial charge in [0.25, 0.3) is 0 Å². The van der Waals surface area contributed by atoms with Crippen LogP contribution in [0.3, 0.4) is 0 Å². The predicted molar refractivity (Wildman–Crippen MR) is 73.6 cm³/mol. The molecule has 0 fully saturated rings. The van der Waals surface area contributed by atoms with Crippen LogP contribution in [-0.4, -0.2) is 33.7 Å². The van der Waals surface area contributed by atoms with Crippen molar-refractivity contribution in [3.63, 3.8) is 0 Å². The Morgan fingerprint density at radius 3 is 2.65 bits per heavy atom. The highest BCUT2D eigenvalue weighted by atomic mass is 79.9. The Morgan fingerprint density at radius 2 is 2.06 bits per heavy atom. The van der Waals surface area contributed by atoms with Gasteiger partial charge in [0.2, 0.25) is 0 Å². The van der Waals surface area contributed by atoms with Crippen molar-refractivity contribution in [1.82, 2.24) is 5.32 Å². The minimum atomic E-state index is -0.721. The largest absolute Gasteiger partial charge is 0.504 e. The number of hydrogen-bond donors (Lipinski definition) is 4. The molecule has 2 unspecified atom stereocenters. The van der Waals surface area contributed by atoms with Gasteiger partial charge in [-0.2, -0.15) is 0 Å². The van der Waals surface area contributed by atoms with Crippen LogP contribution in [0, 0.1) is 0 Å². The number of halogens is 1. The number of phenols is 2. The Morgan fingerprint density at radius 1 is 1.35 bits per heavy atom. The zero-order valence-corrected chi connectivity index (χ0v) is 11.8. The fraction of sp³-hybridized carbons (Fsp3) is 0.455. The van der Waals surface area contributed by atoms with Gasteiger partial charge < -0.3 is 20.6 Å². The van der Waals surface area contributed by atoms with E-state index in [1.165, 1.54) is 12.1 Å². The van der Waals surface area contributed by atoms with E-state index in [-0.39, 0.29) is 17.5 Å². The summed E-state index contributed by atoms with van der Waals surface area (Å²) in [6, 6.07) is 4.21. The van der Waals surface area contributed by atoms with Crippen molar-refractivity contribution in [3.8, 4) is 11.5 Å². The summed E-state index contributed by atoms with van der Waals surface area (Å²) in [5.41, 5.74) is 0.576. The van der Waals surface area contributed by atoms with E-state index in [1.54, 1.807) is 16.3 Å². The van der Waals surface area contributed by atoms with E-state index in [4.69, 9.17) is 0 Å². The summed E-state index contributed by atoms with van der Waals surface area (Å²) in [5.74, 6) is 0.500. The lowest BCUT2D eigenvalue weighted by atomic mass is 10.0. The van der Waals surface area contributed by atoms with E-state index in [0.29, 0.717) is 5.56 Å². The molecule has 0 bridgehead atoms. The number of phenolic OH excluding ortho intramolecular Hbond substituents is 2. The van der Waals surface area contributed by atoms with Gasteiger partial charge in [-0.15, -0.1) is 0 Å². The number of aromatic hydroxyl groups is 2. The quantitative estimate of drug-likeness (QED) is 0.477. The minimum Gasteiger partial charge on any atom is -0.504 e. The predicted octanol–water partition coefficient (Wildman–Crippen LogP) is 2.15. The molecule has 6 heteroatoms. The third kappa shape index (κ3) is 4.39. The Balaban J connectivity index is 2.61. The molecule has 96 valence electrons. The highest BCUT2D eigenvalue weighted by Gasteiger charge is 2.16. The van der Waals surface area contributed by atoms with Crippen LogP contribution in [0.25, 0.3) is 0 Å². The van der Waals surface area contributed by atoms with E-state index in [0.717, 1.165) is 12.3 Å². The lowest BCUT2D eigenvalue weighted by molar-refractivity contribution is 0.137. The van der Waals surface area contributed by atoms with Gasteiger partial charge in [-0.25, -0.2) is 0 Å². The maximum absolute atomic E-state index is 10.0. The average Bonchev–Trinajstić information content (AvgIpc) is 2.32. The van der Waals surface area contributed by atoms with Gasteiger partial charge in [0, 0.05) is 18.3 Å². The van der Waals surface area contributed by atoms with E-state index in [1.807, 2.05) is 6.92 Å². The molecule has 2 atom stereocenters. The summed E-state index contributed by atoms with van der Waals surface area (Å²) in [7, 11) is 1.55. The molecule has 0 aliphatic rings. The van der Waals surface area contributed by atoms with Gasteiger partial charge in [0.15, 0.2) is 11.5 Å². The van der Waals surface area contributed by atoms with Crippen molar-refractivity contribution < 1.29 is 15.3 Å². The van der Waals surface area contributed by atoms with Crippen LogP contribution in [0.4, 0.5) is 0 Å². The van der Waals surface area contributed by atoms with Crippen molar-refractivity contribution in [3.05, 3.63) is 23.8 Å². The normalized spacial score (nSPS) is 14.5. The molecular formula is C11H16BrNO3S. The number of benzene rings is 1. The number of nitrogens with one attached hydrogen (secondary N) is 1. The first-order valence-electron chi connectivity index (χ1n) is 5.23. The number of aliphatic hydroxyl groups is 1. The van der Waals surface area contributed by atoms with Gasteiger partial charge in [-0.05, 0) is 39.4 Å². The molecule has 0 aromatic heterocycles. The molecule has 1 aromatic carbocycles. The first kappa shape index (κ1) is 14.6. The molecule has 4 nitrogen and oxygen atoms in total. The average molecular weight is 322 g/mol. The van der Waals surface area contributed by atoms with Crippen LogP contribution in [0.15, 0.2) is 18.2 Å². The van der Waals surface area contributed by atoms with Crippen LogP contribution in [0.1, 0.15) is 18.6 Å². The van der Waals surface area contributed by atoms with Crippen LogP contribution in [-0.2, 0) is 0 Å². The van der Waals surface area contributed by atoms with Crippen LogP contribution in [0.5, 0.6) is 11.5 Å². The first-order chi connectivity index (χ1) is 8.06. The van der Waals surface area contributed by atoms with Crippen molar-refractivity contribution in [2.45, 2.75) is 19.1 Å². The number of aliphatic hydroxyl groups excluding tert-OH is 1. The van der Waals surface area contributed by atoms with Crippen molar-refractivity contribution in [2.75, 3.05) is 12.3 Å². The smallest absolute Gasteiger partial charge is 0.157 e. The fourth-order valence-electron chi connectivity index (χ4n) is 1.45. The summed E-state index contributed by atoms with van der Waals surface area (Å²) in [5, 5.41) is 31.7. The van der Waals surface area contributed by atoms with E-state index >= 15 is 0 Å². The van der Waals surface area contributed by atoms with Crippen LogP contribution in [0.2, 0.25) is 0 Å². The zero-order valence-electron chi connectivity index (χ0n) is 9.43. The molecule has 0 aliphatic carbocycles. The second kappa shape index (κ2) is 7.10. The van der Waals surface area contributed by atoms with Crippen molar-refractivity contribution in [1.29, 1.82) is 0 Å². The molecule has 17 heavy (non-hydrogen) atoms. The monoisotopic (exact) mass is 321 g/mol. The van der Waals surface area contributed by atoms with Crippen molar-refractivity contribution in [2.24, 2.45) is 0 Å². The molecule has 4 N–H and O–H groups in total. The summed E-state index contributed by atoms with van der Waals surface area (Å²) < 4.78 is 0. The van der Waals surface area contributed by atoms with Gasteiger partial charge in [-0.1, -0.05) is 16.3 Å². The highest BCUT2D eigenvalue weighted by molar-refractivity contribution is 9.50. The molecule has 1 aromatic rings. The van der Waals surface area contributed by atoms with E-state index < -0.39 is 6.10 Å². The Bertz CT molecular complexity index is 365. The van der Waals surface area contributed by atoms with Gasteiger partial charge in [0.1, 0.15) is 0 Å². The summed E-state index contributed by atoms with van der Waals surface area (Å²) in [4.78, 5) is 0. The van der Waals surface area contributed by atoms with Gasteiger partial charge in [-0.3, -0.25) is 0 Å².